The number of nitro groups is 1. The van der Waals surface area contributed by atoms with Gasteiger partial charge in [-0.25, -0.2) is 0 Å². The van der Waals surface area contributed by atoms with E-state index in [0.717, 1.165) is 29.0 Å². The van der Waals surface area contributed by atoms with Gasteiger partial charge in [0.2, 0.25) is 0 Å². The second kappa shape index (κ2) is 7.65. The van der Waals surface area contributed by atoms with E-state index in [4.69, 9.17) is 4.74 Å². The normalized spacial score (nSPS) is 10.4. The third kappa shape index (κ3) is 4.69. The zero-order valence-electron chi connectivity index (χ0n) is 14.4. The molecule has 25 heavy (non-hydrogen) atoms. The van der Waals surface area contributed by atoms with Crippen molar-refractivity contribution in [1.29, 1.82) is 0 Å². The van der Waals surface area contributed by atoms with Crippen LogP contribution in [0.4, 0.5) is 5.69 Å². The van der Waals surface area contributed by atoms with Crippen LogP contribution in [0.15, 0.2) is 36.4 Å². The van der Waals surface area contributed by atoms with Crippen LogP contribution in [0.2, 0.25) is 0 Å². The molecule has 0 aromatic heterocycles. The number of ether oxygens (including phenoxy) is 1. The fourth-order valence-corrected chi connectivity index (χ4v) is 2.45. The summed E-state index contributed by atoms with van der Waals surface area (Å²) in [5, 5.41) is 20.3. The van der Waals surface area contributed by atoms with E-state index >= 15 is 0 Å². The topological polar surface area (TPSA) is 92.9 Å². The molecular weight excluding hydrogens is 324 g/mol. The summed E-state index contributed by atoms with van der Waals surface area (Å²) in [4.78, 5) is 23.7. The monoisotopic (exact) mass is 344 g/mol. The van der Waals surface area contributed by atoms with Gasteiger partial charge < -0.3 is 14.7 Å². The standard InChI is InChI=1S/C18H20N2O5/c1-12-8-13(2)10-15(9-12)25-7-6-19(3)18(22)14-4-5-16(20(23)24)17(21)11-14/h4-5,8-11,21H,6-7H2,1-3H3. The number of phenolic OH excluding ortho intramolecular Hbond substituents is 1. The lowest BCUT2D eigenvalue weighted by atomic mass is 10.1. The third-order valence-electron chi connectivity index (χ3n) is 3.66. The van der Waals surface area contributed by atoms with Crippen LogP contribution in [0, 0.1) is 24.0 Å². The van der Waals surface area contributed by atoms with Gasteiger partial charge in [-0.2, -0.15) is 0 Å². The molecule has 0 bridgehead atoms. The van der Waals surface area contributed by atoms with Crippen LogP contribution in [0.5, 0.6) is 11.5 Å². The molecule has 0 saturated heterocycles. The minimum absolute atomic E-state index is 0.178. The van der Waals surface area contributed by atoms with Crippen LogP contribution >= 0.6 is 0 Å². The molecule has 0 aliphatic rings. The first kappa shape index (κ1) is 18.3. The van der Waals surface area contributed by atoms with Gasteiger partial charge >= 0.3 is 5.69 Å². The molecule has 7 heteroatoms. The van der Waals surface area contributed by atoms with E-state index in [0.29, 0.717) is 13.2 Å². The Morgan fingerprint density at radius 2 is 1.84 bits per heavy atom. The SMILES string of the molecule is Cc1cc(C)cc(OCCN(C)C(=O)c2ccc([N+](=O)[O-])c(O)c2)c1. The van der Waals surface area contributed by atoms with Gasteiger partial charge in [-0.3, -0.25) is 14.9 Å². The zero-order valence-corrected chi connectivity index (χ0v) is 14.4. The number of amides is 1. The van der Waals surface area contributed by atoms with Crippen molar-refractivity contribution in [3.63, 3.8) is 0 Å². The first-order valence-corrected chi connectivity index (χ1v) is 7.72. The fraction of sp³-hybridized carbons (Fsp3) is 0.278. The van der Waals surface area contributed by atoms with Crippen LogP contribution in [0.1, 0.15) is 21.5 Å². The number of aryl methyl sites for hydroxylation is 2. The second-order valence-electron chi connectivity index (χ2n) is 5.86. The minimum atomic E-state index is -0.703. The van der Waals surface area contributed by atoms with Crippen LogP contribution in [-0.4, -0.2) is 41.0 Å². The molecule has 0 aliphatic heterocycles. The zero-order chi connectivity index (χ0) is 18.6. The van der Waals surface area contributed by atoms with E-state index in [-0.39, 0.29) is 11.5 Å². The summed E-state index contributed by atoms with van der Waals surface area (Å²) >= 11 is 0. The Labute approximate surface area is 145 Å². The van der Waals surface area contributed by atoms with Crippen molar-refractivity contribution >= 4 is 11.6 Å². The summed E-state index contributed by atoms with van der Waals surface area (Å²) in [6.07, 6.45) is 0. The van der Waals surface area contributed by atoms with Crippen LogP contribution in [0.25, 0.3) is 0 Å². The Bertz CT molecular complexity index is 784. The third-order valence-corrected chi connectivity index (χ3v) is 3.66. The molecule has 1 N–H and O–H groups in total. The Balaban J connectivity index is 1.96. The highest BCUT2D eigenvalue weighted by Gasteiger charge is 2.18. The molecule has 0 saturated carbocycles. The summed E-state index contributed by atoms with van der Waals surface area (Å²) < 4.78 is 5.67. The maximum Gasteiger partial charge on any atom is 0.310 e. The molecule has 0 spiro atoms. The molecule has 0 fully saturated rings. The number of nitro benzene ring substituents is 1. The summed E-state index contributed by atoms with van der Waals surface area (Å²) in [5.74, 6) is -0.142. The number of hydrogen-bond donors (Lipinski definition) is 1. The van der Waals surface area contributed by atoms with Crippen LogP contribution < -0.4 is 4.74 Å². The lowest BCUT2D eigenvalue weighted by Gasteiger charge is -2.18. The number of rotatable bonds is 6. The van der Waals surface area contributed by atoms with E-state index in [1.807, 2.05) is 32.0 Å². The highest BCUT2D eigenvalue weighted by molar-refractivity contribution is 5.94. The number of likely N-dealkylation sites (N-methyl/N-ethyl adjacent to an activating group) is 1. The summed E-state index contributed by atoms with van der Waals surface area (Å²) in [7, 11) is 1.60. The second-order valence-corrected chi connectivity index (χ2v) is 5.86. The van der Waals surface area contributed by atoms with Gasteiger partial charge in [-0.05, 0) is 49.2 Å². The average molecular weight is 344 g/mol. The van der Waals surface area contributed by atoms with Crippen molar-refractivity contribution in [3.05, 3.63) is 63.2 Å². The number of carbonyl (C=O) groups is 1. The van der Waals surface area contributed by atoms with Crippen LogP contribution in [0.3, 0.4) is 0 Å². The number of benzene rings is 2. The Morgan fingerprint density at radius 3 is 2.40 bits per heavy atom. The van der Waals surface area contributed by atoms with E-state index in [1.165, 1.54) is 11.0 Å². The Kier molecular flexibility index (Phi) is 5.59. The average Bonchev–Trinajstić information content (AvgIpc) is 2.52. The minimum Gasteiger partial charge on any atom is -0.502 e. The lowest BCUT2D eigenvalue weighted by Crippen LogP contribution is -2.30. The van der Waals surface area contributed by atoms with Gasteiger partial charge in [0.05, 0.1) is 11.5 Å². The molecule has 0 atom stereocenters. The van der Waals surface area contributed by atoms with Gasteiger partial charge in [-0.15, -0.1) is 0 Å². The molecular formula is C18H20N2O5. The number of carbonyl (C=O) groups excluding carboxylic acids is 1. The van der Waals surface area contributed by atoms with Crippen molar-refractivity contribution in [2.45, 2.75) is 13.8 Å². The van der Waals surface area contributed by atoms with Gasteiger partial charge in [0.1, 0.15) is 12.4 Å². The van der Waals surface area contributed by atoms with Crippen molar-refractivity contribution in [3.8, 4) is 11.5 Å². The van der Waals surface area contributed by atoms with Crippen molar-refractivity contribution in [2.24, 2.45) is 0 Å². The van der Waals surface area contributed by atoms with Crippen molar-refractivity contribution < 1.29 is 19.6 Å². The lowest BCUT2D eigenvalue weighted by molar-refractivity contribution is -0.385. The van der Waals surface area contributed by atoms with Gasteiger partial charge in [0, 0.05) is 18.7 Å². The Hall–Kier alpha value is -3.09. The molecule has 7 nitrogen and oxygen atoms in total. The van der Waals surface area contributed by atoms with Crippen LogP contribution in [-0.2, 0) is 0 Å². The predicted molar refractivity (Wildman–Crippen MR) is 93.1 cm³/mol. The van der Waals surface area contributed by atoms with E-state index in [9.17, 15) is 20.0 Å². The van der Waals surface area contributed by atoms with Crippen molar-refractivity contribution in [1.82, 2.24) is 4.90 Å². The molecule has 0 aliphatic carbocycles. The highest BCUT2D eigenvalue weighted by atomic mass is 16.6. The number of nitrogens with zero attached hydrogens (tertiary/aromatic N) is 2. The van der Waals surface area contributed by atoms with Crippen molar-refractivity contribution in [2.75, 3.05) is 20.2 Å². The maximum absolute atomic E-state index is 12.3. The Morgan fingerprint density at radius 1 is 1.20 bits per heavy atom. The first-order valence-electron chi connectivity index (χ1n) is 7.72. The summed E-state index contributed by atoms with van der Waals surface area (Å²) in [5.41, 5.74) is 1.94. The fourth-order valence-electron chi connectivity index (χ4n) is 2.45. The number of phenols is 1. The van der Waals surface area contributed by atoms with Gasteiger partial charge in [-0.1, -0.05) is 6.07 Å². The molecule has 2 rings (SSSR count). The molecule has 132 valence electrons. The number of hydrogen-bond acceptors (Lipinski definition) is 5. The van der Waals surface area contributed by atoms with Gasteiger partial charge in [0.25, 0.3) is 5.91 Å². The quantitative estimate of drug-likeness (QED) is 0.642. The maximum atomic E-state index is 12.3. The summed E-state index contributed by atoms with van der Waals surface area (Å²) in [6.45, 7) is 4.61. The van der Waals surface area contributed by atoms with E-state index < -0.39 is 16.4 Å². The molecule has 0 heterocycles. The first-order chi connectivity index (χ1) is 11.8. The molecule has 0 radical (unpaired) electrons. The number of aromatic hydroxyl groups is 1. The predicted octanol–water partition coefficient (Wildman–Crippen LogP) is 3.07. The molecule has 2 aromatic carbocycles. The highest BCUT2D eigenvalue weighted by Crippen LogP contribution is 2.26. The largest absolute Gasteiger partial charge is 0.502 e. The molecule has 1 amide bonds. The molecule has 2 aromatic rings. The van der Waals surface area contributed by atoms with E-state index in [2.05, 4.69) is 0 Å². The summed E-state index contributed by atoms with van der Waals surface area (Å²) in [6, 6.07) is 9.42. The molecule has 0 unspecified atom stereocenters. The van der Waals surface area contributed by atoms with E-state index in [1.54, 1.807) is 7.05 Å². The van der Waals surface area contributed by atoms with Gasteiger partial charge in [0.15, 0.2) is 5.75 Å². The smallest absolute Gasteiger partial charge is 0.310 e.